The Balaban J connectivity index is 1.97. The molecule has 0 spiro atoms. The normalized spacial score (nSPS) is 11.5. The maximum atomic E-state index is 12.2. The zero-order valence-electron chi connectivity index (χ0n) is 11.2. The lowest BCUT2D eigenvalue weighted by molar-refractivity contribution is -0.0328. The van der Waals surface area contributed by atoms with Crippen molar-refractivity contribution in [1.29, 1.82) is 0 Å². The van der Waals surface area contributed by atoms with E-state index < -0.39 is 5.51 Å². The summed E-state index contributed by atoms with van der Waals surface area (Å²) < 4.78 is 36.7. The van der Waals surface area contributed by atoms with Crippen LogP contribution in [0.15, 0.2) is 47.4 Å². The van der Waals surface area contributed by atoms with Crippen molar-refractivity contribution in [2.24, 2.45) is 0 Å². The Hall–Kier alpha value is -1.33. The highest BCUT2D eigenvalue weighted by atomic mass is 35.5. The number of hydrogen-bond donors (Lipinski definition) is 1. The molecular weight excluding hydrogens is 319 g/mol. The second-order valence-electron chi connectivity index (χ2n) is 4.50. The molecular formula is C15H13ClF3NS. The number of benzene rings is 2. The Labute approximate surface area is 130 Å². The number of hydrogen-bond acceptors (Lipinski definition) is 2. The van der Waals surface area contributed by atoms with Gasteiger partial charge in [0, 0.05) is 22.2 Å². The van der Waals surface area contributed by atoms with Crippen molar-refractivity contribution in [1.82, 2.24) is 0 Å². The maximum Gasteiger partial charge on any atom is 0.446 e. The lowest BCUT2D eigenvalue weighted by atomic mass is 10.2. The summed E-state index contributed by atoms with van der Waals surface area (Å²) in [5.41, 5.74) is -1.36. The molecule has 0 aliphatic rings. The molecule has 0 saturated heterocycles. The Morgan fingerprint density at radius 3 is 2.33 bits per heavy atom. The standard InChI is InChI=1S/C15H13ClF3NS/c1-10-8-12(16)4-7-14(10)20-9-11-2-5-13(6-3-11)21-15(17,18)19/h2-8,20H,9H2,1H3. The summed E-state index contributed by atoms with van der Waals surface area (Å²) in [6.07, 6.45) is 0. The SMILES string of the molecule is Cc1cc(Cl)ccc1NCc1ccc(SC(F)(F)F)cc1. The molecule has 0 radical (unpaired) electrons. The maximum absolute atomic E-state index is 12.2. The molecule has 112 valence electrons. The van der Waals surface area contributed by atoms with Crippen LogP contribution in [0.4, 0.5) is 18.9 Å². The predicted octanol–water partition coefficient (Wildman–Crippen LogP) is 5.87. The van der Waals surface area contributed by atoms with Gasteiger partial charge in [-0.1, -0.05) is 23.7 Å². The average molecular weight is 332 g/mol. The third-order valence-corrected chi connectivity index (χ3v) is 3.80. The molecule has 0 aliphatic heterocycles. The van der Waals surface area contributed by atoms with E-state index in [0.29, 0.717) is 11.6 Å². The van der Waals surface area contributed by atoms with Crippen molar-refractivity contribution >= 4 is 29.1 Å². The zero-order chi connectivity index (χ0) is 15.5. The summed E-state index contributed by atoms with van der Waals surface area (Å²) in [5, 5.41) is 3.91. The molecule has 0 aliphatic carbocycles. The number of anilines is 1. The number of alkyl halides is 3. The van der Waals surface area contributed by atoms with Crippen molar-refractivity contribution < 1.29 is 13.2 Å². The first-order valence-electron chi connectivity index (χ1n) is 6.18. The van der Waals surface area contributed by atoms with Crippen molar-refractivity contribution in [3.05, 3.63) is 58.6 Å². The Kier molecular flexibility index (Phi) is 5.06. The summed E-state index contributed by atoms with van der Waals surface area (Å²) in [6.45, 7) is 2.48. The van der Waals surface area contributed by atoms with Gasteiger partial charge in [-0.25, -0.2) is 0 Å². The van der Waals surface area contributed by atoms with Gasteiger partial charge in [-0.2, -0.15) is 13.2 Å². The number of aryl methyl sites for hydroxylation is 1. The highest BCUT2D eigenvalue weighted by molar-refractivity contribution is 8.00. The van der Waals surface area contributed by atoms with Crippen LogP contribution in [0.5, 0.6) is 0 Å². The minimum absolute atomic E-state index is 0.107. The molecule has 1 N–H and O–H groups in total. The predicted molar refractivity (Wildman–Crippen MR) is 81.9 cm³/mol. The van der Waals surface area contributed by atoms with Gasteiger partial charge in [0.05, 0.1) is 0 Å². The van der Waals surface area contributed by atoms with Crippen LogP contribution in [0, 0.1) is 6.92 Å². The lowest BCUT2D eigenvalue weighted by Gasteiger charge is -2.11. The molecule has 0 aromatic heterocycles. The van der Waals surface area contributed by atoms with Crippen LogP contribution in [0.2, 0.25) is 5.02 Å². The van der Waals surface area contributed by atoms with Gasteiger partial charge in [-0.3, -0.25) is 0 Å². The molecule has 0 heterocycles. The molecule has 0 amide bonds. The molecule has 0 fully saturated rings. The van der Waals surface area contributed by atoms with Crippen LogP contribution in [0.25, 0.3) is 0 Å². The summed E-state index contributed by atoms with van der Waals surface area (Å²) in [5.74, 6) is 0. The molecule has 2 aromatic rings. The van der Waals surface area contributed by atoms with Crippen molar-refractivity contribution in [2.75, 3.05) is 5.32 Å². The first-order chi connectivity index (χ1) is 9.83. The van der Waals surface area contributed by atoms with Crippen LogP contribution >= 0.6 is 23.4 Å². The highest BCUT2D eigenvalue weighted by Gasteiger charge is 2.28. The zero-order valence-corrected chi connectivity index (χ0v) is 12.7. The van der Waals surface area contributed by atoms with Gasteiger partial charge in [-0.15, -0.1) is 0 Å². The van der Waals surface area contributed by atoms with Gasteiger partial charge >= 0.3 is 5.51 Å². The second kappa shape index (κ2) is 6.62. The smallest absolute Gasteiger partial charge is 0.381 e. The number of halogens is 4. The fourth-order valence-corrected chi connectivity index (χ4v) is 2.60. The van der Waals surface area contributed by atoms with Crippen LogP contribution < -0.4 is 5.32 Å². The van der Waals surface area contributed by atoms with Crippen molar-refractivity contribution in [3.63, 3.8) is 0 Å². The average Bonchev–Trinajstić information content (AvgIpc) is 2.38. The van der Waals surface area contributed by atoms with Gasteiger partial charge < -0.3 is 5.32 Å². The van der Waals surface area contributed by atoms with E-state index in [1.54, 1.807) is 18.2 Å². The van der Waals surface area contributed by atoms with E-state index in [2.05, 4.69) is 5.32 Å². The van der Waals surface area contributed by atoms with Crippen LogP contribution in [0.3, 0.4) is 0 Å². The molecule has 6 heteroatoms. The summed E-state index contributed by atoms with van der Waals surface area (Å²) >= 11 is 5.78. The lowest BCUT2D eigenvalue weighted by Crippen LogP contribution is -2.01. The Morgan fingerprint density at radius 1 is 1.10 bits per heavy atom. The molecule has 0 atom stereocenters. The van der Waals surface area contributed by atoms with E-state index >= 15 is 0 Å². The molecule has 0 unspecified atom stereocenters. The fraction of sp³-hybridized carbons (Fsp3) is 0.200. The van der Waals surface area contributed by atoms with E-state index in [1.807, 2.05) is 19.1 Å². The van der Waals surface area contributed by atoms with Crippen LogP contribution in [0.1, 0.15) is 11.1 Å². The largest absolute Gasteiger partial charge is 0.446 e. The molecule has 0 bridgehead atoms. The monoisotopic (exact) mass is 331 g/mol. The van der Waals surface area contributed by atoms with Crippen molar-refractivity contribution in [3.8, 4) is 0 Å². The topological polar surface area (TPSA) is 12.0 Å². The summed E-state index contributed by atoms with van der Waals surface area (Å²) in [6, 6.07) is 11.9. The minimum Gasteiger partial charge on any atom is -0.381 e. The van der Waals surface area contributed by atoms with Gasteiger partial charge in [0.2, 0.25) is 0 Å². The number of nitrogens with one attached hydrogen (secondary N) is 1. The molecule has 2 aromatic carbocycles. The third-order valence-electron chi connectivity index (χ3n) is 2.83. The third kappa shape index (κ3) is 5.17. The van der Waals surface area contributed by atoms with E-state index in [4.69, 9.17) is 11.6 Å². The van der Waals surface area contributed by atoms with Gasteiger partial charge in [0.1, 0.15) is 0 Å². The second-order valence-corrected chi connectivity index (χ2v) is 6.08. The van der Waals surface area contributed by atoms with E-state index in [-0.39, 0.29) is 16.7 Å². The van der Waals surface area contributed by atoms with Crippen LogP contribution in [-0.4, -0.2) is 5.51 Å². The van der Waals surface area contributed by atoms with E-state index in [0.717, 1.165) is 16.8 Å². The molecule has 2 rings (SSSR count). The first-order valence-corrected chi connectivity index (χ1v) is 7.38. The Bertz CT molecular complexity index is 611. The Morgan fingerprint density at radius 2 is 1.76 bits per heavy atom. The first kappa shape index (κ1) is 16.0. The van der Waals surface area contributed by atoms with Gasteiger partial charge in [-0.05, 0) is 60.1 Å². The summed E-state index contributed by atoms with van der Waals surface area (Å²) in [7, 11) is 0. The molecule has 1 nitrogen and oxygen atoms in total. The van der Waals surface area contributed by atoms with Gasteiger partial charge in [0.25, 0.3) is 0 Å². The van der Waals surface area contributed by atoms with E-state index in [9.17, 15) is 13.2 Å². The van der Waals surface area contributed by atoms with Crippen molar-refractivity contribution in [2.45, 2.75) is 23.9 Å². The highest BCUT2D eigenvalue weighted by Crippen LogP contribution is 2.36. The quantitative estimate of drug-likeness (QED) is 0.703. The van der Waals surface area contributed by atoms with Gasteiger partial charge in [0.15, 0.2) is 0 Å². The van der Waals surface area contributed by atoms with E-state index in [1.165, 1.54) is 12.1 Å². The summed E-state index contributed by atoms with van der Waals surface area (Å²) in [4.78, 5) is 0.189. The molecule has 0 saturated carbocycles. The minimum atomic E-state index is -4.25. The van der Waals surface area contributed by atoms with Crippen LogP contribution in [-0.2, 0) is 6.54 Å². The number of rotatable bonds is 4. The fourth-order valence-electron chi connectivity index (χ4n) is 1.83. The molecule has 21 heavy (non-hydrogen) atoms. The number of thioether (sulfide) groups is 1.